The van der Waals surface area contributed by atoms with Crippen molar-refractivity contribution in [3.63, 3.8) is 0 Å². The lowest BCUT2D eigenvalue weighted by atomic mass is 10.1. The van der Waals surface area contributed by atoms with E-state index in [0.29, 0.717) is 12.0 Å². The Balaban J connectivity index is 3.01. The minimum atomic E-state index is -0.721. The van der Waals surface area contributed by atoms with E-state index in [9.17, 15) is 14.7 Å². The van der Waals surface area contributed by atoms with Crippen LogP contribution in [0.4, 0.5) is 0 Å². The van der Waals surface area contributed by atoms with Crippen LogP contribution in [0.25, 0.3) is 0 Å². The maximum atomic E-state index is 11.8. The van der Waals surface area contributed by atoms with E-state index >= 15 is 0 Å². The highest BCUT2D eigenvalue weighted by Crippen LogP contribution is 2.14. The molecule has 1 aliphatic carbocycles. The van der Waals surface area contributed by atoms with Gasteiger partial charge in [0, 0.05) is 0 Å². The molecule has 0 radical (unpaired) electrons. The summed E-state index contributed by atoms with van der Waals surface area (Å²) in [4.78, 5) is 23.6. The van der Waals surface area contributed by atoms with Gasteiger partial charge >= 0.3 is 11.9 Å². The summed E-state index contributed by atoms with van der Waals surface area (Å²) in [5.41, 5.74) is 0.465. The van der Waals surface area contributed by atoms with E-state index in [1.165, 1.54) is 12.2 Å². The van der Waals surface area contributed by atoms with Gasteiger partial charge in [-0.3, -0.25) is 0 Å². The van der Waals surface area contributed by atoms with E-state index in [4.69, 9.17) is 9.47 Å². The van der Waals surface area contributed by atoms with Crippen molar-refractivity contribution in [1.29, 1.82) is 0 Å². The number of allylic oxidation sites excluding steroid dienone is 6. The fourth-order valence-corrected chi connectivity index (χ4v) is 1.53. The second kappa shape index (κ2) is 7.99. The Hall–Kier alpha value is -2.30. The molecule has 0 aromatic rings. The number of esters is 2. The lowest BCUT2D eigenvalue weighted by Crippen LogP contribution is -2.18. The maximum absolute atomic E-state index is 11.8. The number of hydrogen-bond acceptors (Lipinski definition) is 5. The molecule has 0 aromatic heterocycles. The number of aliphatic hydroxyl groups excluding tert-OH is 1. The van der Waals surface area contributed by atoms with Crippen molar-refractivity contribution in [1.82, 2.24) is 0 Å². The summed E-state index contributed by atoms with van der Waals surface area (Å²) in [6.07, 6.45) is 8.40. The van der Waals surface area contributed by atoms with Gasteiger partial charge in [-0.25, -0.2) is 9.59 Å². The Morgan fingerprint density at radius 3 is 2.30 bits per heavy atom. The van der Waals surface area contributed by atoms with Gasteiger partial charge in [0.1, 0.15) is 11.3 Å². The average Bonchev–Trinajstić information content (AvgIpc) is 2.61. The van der Waals surface area contributed by atoms with Crippen LogP contribution < -0.4 is 0 Å². The average molecular weight is 278 g/mol. The second-order valence-electron chi connectivity index (χ2n) is 3.90. The van der Waals surface area contributed by atoms with Gasteiger partial charge in [0.05, 0.1) is 13.2 Å². The van der Waals surface area contributed by atoms with E-state index in [0.717, 1.165) is 0 Å². The van der Waals surface area contributed by atoms with Crippen molar-refractivity contribution in [3.05, 3.63) is 47.3 Å². The van der Waals surface area contributed by atoms with E-state index in [-0.39, 0.29) is 24.5 Å². The molecular formula is C15H18O5. The highest BCUT2D eigenvalue weighted by molar-refractivity contribution is 6.14. The monoisotopic (exact) mass is 278 g/mol. The predicted molar refractivity (Wildman–Crippen MR) is 73.9 cm³/mol. The van der Waals surface area contributed by atoms with Gasteiger partial charge in [0.15, 0.2) is 0 Å². The Morgan fingerprint density at radius 1 is 1.15 bits per heavy atom. The highest BCUT2D eigenvalue weighted by atomic mass is 16.6. The number of ether oxygens (including phenoxy) is 2. The van der Waals surface area contributed by atoms with Crippen LogP contribution in [-0.4, -0.2) is 30.3 Å². The van der Waals surface area contributed by atoms with Crippen molar-refractivity contribution in [3.8, 4) is 0 Å². The molecule has 0 aromatic carbocycles. The summed E-state index contributed by atoms with van der Waals surface area (Å²) in [6, 6.07) is 0. The third-order valence-electron chi connectivity index (χ3n) is 2.43. The zero-order chi connectivity index (χ0) is 15.0. The zero-order valence-corrected chi connectivity index (χ0v) is 11.6. The summed E-state index contributed by atoms with van der Waals surface area (Å²) < 4.78 is 9.69. The smallest absolute Gasteiger partial charge is 0.345 e. The molecule has 0 unspecified atom stereocenters. The van der Waals surface area contributed by atoms with Crippen LogP contribution >= 0.6 is 0 Å². The standard InChI is InChI=1S/C15H18O5/c1-3-19-14(17)13(15(18)20-4-2)10-11-6-5-7-12(16)9-8-11/h6-10,16H,3-5H2,1-2H3. The molecule has 0 bridgehead atoms. The van der Waals surface area contributed by atoms with Crippen molar-refractivity contribution in [2.75, 3.05) is 13.2 Å². The predicted octanol–water partition coefficient (Wildman–Crippen LogP) is 2.37. The third kappa shape index (κ3) is 4.76. The number of carbonyl (C=O) groups excluding carboxylic acids is 2. The van der Waals surface area contributed by atoms with E-state index < -0.39 is 11.9 Å². The Kier molecular flexibility index (Phi) is 6.29. The van der Waals surface area contributed by atoms with Crippen LogP contribution in [0.5, 0.6) is 0 Å². The van der Waals surface area contributed by atoms with Crippen LogP contribution in [0.2, 0.25) is 0 Å². The summed E-state index contributed by atoms with van der Waals surface area (Å²) in [6.45, 7) is 3.67. The van der Waals surface area contributed by atoms with Crippen molar-refractivity contribution < 1.29 is 24.2 Å². The van der Waals surface area contributed by atoms with Crippen molar-refractivity contribution in [2.45, 2.75) is 20.3 Å². The number of hydrogen-bond donors (Lipinski definition) is 1. The molecule has 108 valence electrons. The molecule has 0 saturated heterocycles. The quantitative estimate of drug-likeness (QED) is 0.362. The lowest BCUT2D eigenvalue weighted by molar-refractivity contribution is -0.146. The minimum absolute atomic E-state index is 0.137. The molecule has 0 heterocycles. The third-order valence-corrected chi connectivity index (χ3v) is 2.43. The summed E-state index contributed by atoms with van der Waals surface area (Å²) >= 11 is 0. The van der Waals surface area contributed by atoms with E-state index in [1.54, 1.807) is 32.1 Å². The van der Waals surface area contributed by atoms with Crippen molar-refractivity contribution >= 4 is 11.9 Å². The molecule has 1 rings (SSSR count). The van der Waals surface area contributed by atoms with Gasteiger partial charge in [-0.1, -0.05) is 12.2 Å². The largest absolute Gasteiger partial charge is 0.508 e. The van der Waals surface area contributed by atoms with Crippen LogP contribution in [-0.2, 0) is 19.1 Å². The molecule has 0 saturated carbocycles. The number of carbonyl (C=O) groups is 2. The lowest BCUT2D eigenvalue weighted by Gasteiger charge is -2.06. The van der Waals surface area contributed by atoms with E-state index in [2.05, 4.69) is 0 Å². The second-order valence-corrected chi connectivity index (χ2v) is 3.90. The van der Waals surface area contributed by atoms with Crippen LogP contribution in [0, 0.1) is 0 Å². The van der Waals surface area contributed by atoms with Gasteiger partial charge in [-0.05, 0) is 44.1 Å². The van der Waals surface area contributed by atoms with Crippen LogP contribution in [0.1, 0.15) is 20.3 Å². The molecule has 0 amide bonds. The SMILES string of the molecule is CCOC(=O)C(=CC1=CCC=C(O)C=C1)C(=O)OCC. The minimum Gasteiger partial charge on any atom is -0.508 e. The van der Waals surface area contributed by atoms with E-state index in [1.807, 2.05) is 0 Å². The first-order chi connectivity index (χ1) is 9.58. The van der Waals surface area contributed by atoms with Crippen LogP contribution in [0.15, 0.2) is 47.3 Å². The summed E-state index contributed by atoms with van der Waals surface area (Å²) in [7, 11) is 0. The van der Waals surface area contributed by atoms with Crippen LogP contribution in [0.3, 0.4) is 0 Å². The van der Waals surface area contributed by atoms with Gasteiger partial charge in [-0.15, -0.1) is 0 Å². The molecule has 5 heteroatoms. The Morgan fingerprint density at radius 2 is 1.75 bits per heavy atom. The topological polar surface area (TPSA) is 72.8 Å². The Labute approximate surface area is 117 Å². The van der Waals surface area contributed by atoms with Crippen molar-refractivity contribution in [2.24, 2.45) is 0 Å². The first-order valence-electron chi connectivity index (χ1n) is 6.41. The molecule has 20 heavy (non-hydrogen) atoms. The molecule has 0 spiro atoms. The molecule has 1 N–H and O–H groups in total. The highest BCUT2D eigenvalue weighted by Gasteiger charge is 2.21. The summed E-state index contributed by atoms with van der Waals surface area (Å²) in [5, 5.41) is 9.36. The number of aliphatic hydroxyl groups is 1. The normalized spacial score (nSPS) is 13.7. The molecule has 5 nitrogen and oxygen atoms in total. The zero-order valence-electron chi connectivity index (χ0n) is 11.6. The molecule has 0 atom stereocenters. The first-order valence-corrected chi connectivity index (χ1v) is 6.41. The maximum Gasteiger partial charge on any atom is 0.345 e. The fraction of sp³-hybridized carbons (Fsp3) is 0.333. The molecule has 0 fully saturated rings. The van der Waals surface area contributed by atoms with Gasteiger partial charge in [0.25, 0.3) is 0 Å². The fourth-order valence-electron chi connectivity index (χ4n) is 1.53. The van der Waals surface area contributed by atoms with Gasteiger partial charge in [-0.2, -0.15) is 0 Å². The van der Waals surface area contributed by atoms with Gasteiger partial charge < -0.3 is 14.6 Å². The first kappa shape index (κ1) is 15.8. The molecular weight excluding hydrogens is 260 g/mol. The Bertz CT molecular complexity index is 474. The molecule has 1 aliphatic rings. The summed E-state index contributed by atoms with van der Waals surface area (Å²) in [5.74, 6) is -1.30. The van der Waals surface area contributed by atoms with Gasteiger partial charge in [0.2, 0.25) is 0 Å². The number of rotatable bonds is 5. The molecule has 0 aliphatic heterocycles.